The van der Waals surface area contributed by atoms with E-state index in [2.05, 4.69) is 28.2 Å². The highest BCUT2D eigenvalue weighted by Crippen LogP contribution is 2.12. The van der Waals surface area contributed by atoms with Crippen LogP contribution in [0, 0.1) is 0 Å². The fourth-order valence-electron chi connectivity index (χ4n) is 2.86. The number of unbranched alkanes of at least 4 members (excludes halogenated alkanes) is 9. The van der Waals surface area contributed by atoms with Gasteiger partial charge in [0, 0.05) is 10.0 Å². The highest BCUT2D eigenvalue weighted by Gasteiger charge is 2.17. The van der Waals surface area contributed by atoms with Gasteiger partial charge >= 0.3 is 5.97 Å². The fraction of sp³-hybridized carbons (Fsp3) is 0.636. The van der Waals surface area contributed by atoms with Crippen molar-refractivity contribution in [2.45, 2.75) is 84.1 Å². The van der Waals surface area contributed by atoms with Crippen molar-refractivity contribution in [1.29, 1.82) is 0 Å². The largest absolute Gasteiger partial charge is 0.464 e. The van der Waals surface area contributed by atoms with E-state index in [9.17, 15) is 9.59 Å². The molecule has 0 fully saturated rings. The van der Waals surface area contributed by atoms with E-state index in [0.717, 1.165) is 17.3 Å². The van der Waals surface area contributed by atoms with Crippen molar-refractivity contribution in [3.8, 4) is 0 Å². The van der Waals surface area contributed by atoms with Crippen LogP contribution in [0.25, 0.3) is 0 Å². The highest BCUT2D eigenvalue weighted by molar-refractivity contribution is 9.10. The summed E-state index contributed by atoms with van der Waals surface area (Å²) in [6.07, 6.45) is 12.4. The molecule has 27 heavy (non-hydrogen) atoms. The third-order valence-electron chi connectivity index (χ3n) is 4.53. The Hall–Kier alpha value is -1.36. The van der Waals surface area contributed by atoms with Gasteiger partial charge in [0.2, 0.25) is 0 Å². The smallest absolute Gasteiger partial charge is 0.328 e. The topological polar surface area (TPSA) is 55.4 Å². The highest BCUT2D eigenvalue weighted by atomic mass is 79.9. The number of amides is 1. The molecule has 0 heterocycles. The first kappa shape index (κ1) is 23.7. The fourth-order valence-corrected chi connectivity index (χ4v) is 3.26. The second-order valence-corrected chi connectivity index (χ2v) is 7.97. The lowest BCUT2D eigenvalue weighted by Gasteiger charge is -2.13. The Morgan fingerprint density at radius 3 is 2.19 bits per heavy atom. The number of carbonyl (C=O) groups excluding carboxylic acids is 2. The van der Waals surface area contributed by atoms with E-state index in [1.165, 1.54) is 51.4 Å². The summed E-state index contributed by atoms with van der Waals surface area (Å²) in [5.74, 6) is -0.658. The van der Waals surface area contributed by atoms with Crippen LogP contribution in [0.2, 0.25) is 0 Å². The SMILES string of the molecule is CCCCCCCCCCCCOC(=O)[C@H](C)NC(=O)c1cccc(Br)c1. The summed E-state index contributed by atoms with van der Waals surface area (Å²) in [4.78, 5) is 24.1. The van der Waals surface area contributed by atoms with E-state index >= 15 is 0 Å². The summed E-state index contributed by atoms with van der Waals surface area (Å²) < 4.78 is 6.10. The summed E-state index contributed by atoms with van der Waals surface area (Å²) in [5, 5.41) is 2.68. The third-order valence-corrected chi connectivity index (χ3v) is 5.02. The molecular formula is C22H34BrNO3. The van der Waals surface area contributed by atoms with E-state index in [4.69, 9.17) is 4.74 Å². The molecule has 1 aromatic rings. The van der Waals surface area contributed by atoms with Gasteiger partial charge in [-0.3, -0.25) is 4.79 Å². The Balaban J connectivity index is 2.06. The first-order valence-corrected chi connectivity index (χ1v) is 11.1. The molecule has 5 heteroatoms. The minimum atomic E-state index is -0.653. The van der Waals surface area contributed by atoms with Crippen molar-refractivity contribution >= 4 is 27.8 Å². The molecule has 0 aliphatic heterocycles. The van der Waals surface area contributed by atoms with Crippen molar-refractivity contribution in [2.24, 2.45) is 0 Å². The maximum absolute atomic E-state index is 12.1. The van der Waals surface area contributed by atoms with E-state index in [0.29, 0.717) is 12.2 Å². The first-order valence-electron chi connectivity index (χ1n) is 10.3. The van der Waals surface area contributed by atoms with Crippen LogP contribution in [-0.4, -0.2) is 24.5 Å². The Morgan fingerprint density at radius 1 is 1.00 bits per heavy atom. The number of benzene rings is 1. The maximum atomic E-state index is 12.1. The lowest BCUT2D eigenvalue weighted by atomic mass is 10.1. The van der Waals surface area contributed by atoms with Crippen LogP contribution in [0.5, 0.6) is 0 Å². The predicted octanol–water partition coefficient (Wildman–Crippen LogP) is 6.03. The van der Waals surface area contributed by atoms with Crippen LogP contribution in [0.15, 0.2) is 28.7 Å². The molecule has 0 saturated carbocycles. The zero-order valence-corrected chi connectivity index (χ0v) is 18.4. The van der Waals surface area contributed by atoms with Crippen molar-refractivity contribution in [1.82, 2.24) is 5.32 Å². The average molecular weight is 440 g/mol. The number of halogens is 1. The molecular weight excluding hydrogens is 406 g/mol. The molecule has 1 atom stereocenters. The van der Waals surface area contributed by atoms with Crippen LogP contribution in [0.3, 0.4) is 0 Å². The van der Waals surface area contributed by atoms with Gasteiger partial charge in [-0.1, -0.05) is 86.7 Å². The van der Waals surface area contributed by atoms with E-state index in [-0.39, 0.29) is 11.9 Å². The number of hydrogen-bond acceptors (Lipinski definition) is 3. The molecule has 152 valence electrons. The lowest BCUT2D eigenvalue weighted by molar-refractivity contribution is -0.145. The molecule has 0 spiro atoms. The molecule has 1 rings (SSSR count). The third kappa shape index (κ3) is 11.2. The summed E-state index contributed by atoms with van der Waals surface area (Å²) in [7, 11) is 0. The number of hydrogen-bond donors (Lipinski definition) is 1. The minimum Gasteiger partial charge on any atom is -0.464 e. The van der Waals surface area contributed by atoms with E-state index in [1.807, 2.05) is 6.07 Å². The molecule has 0 aromatic heterocycles. The molecule has 0 aliphatic carbocycles. The predicted molar refractivity (Wildman–Crippen MR) is 114 cm³/mol. The lowest BCUT2D eigenvalue weighted by Crippen LogP contribution is -2.39. The number of nitrogens with one attached hydrogen (secondary N) is 1. The van der Waals surface area contributed by atoms with Gasteiger partial charge in [-0.05, 0) is 31.5 Å². The van der Waals surface area contributed by atoms with Crippen LogP contribution in [0.4, 0.5) is 0 Å². The second-order valence-electron chi connectivity index (χ2n) is 7.05. The standard InChI is InChI=1S/C22H34BrNO3/c1-3-4-5-6-7-8-9-10-11-12-16-27-22(26)18(2)24-21(25)19-14-13-15-20(23)17-19/h13-15,17-18H,3-12,16H2,1-2H3,(H,24,25)/t18-/m0/s1. The summed E-state index contributed by atoms with van der Waals surface area (Å²) in [6.45, 7) is 4.31. The van der Waals surface area contributed by atoms with Gasteiger partial charge in [0.1, 0.15) is 6.04 Å². The molecule has 0 radical (unpaired) electrons. The molecule has 1 amide bonds. The number of rotatable bonds is 14. The van der Waals surface area contributed by atoms with Crippen molar-refractivity contribution in [3.63, 3.8) is 0 Å². The summed E-state index contributed by atoms with van der Waals surface area (Å²) in [5.41, 5.74) is 0.513. The zero-order chi connectivity index (χ0) is 19.9. The van der Waals surface area contributed by atoms with E-state index < -0.39 is 6.04 Å². The Kier molecular flexibility index (Phi) is 12.9. The average Bonchev–Trinajstić information content (AvgIpc) is 2.65. The van der Waals surface area contributed by atoms with Gasteiger partial charge in [0.15, 0.2) is 0 Å². The van der Waals surface area contributed by atoms with Crippen LogP contribution in [0.1, 0.15) is 88.4 Å². The van der Waals surface area contributed by atoms with Crippen molar-refractivity contribution in [2.75, 3.05) is 6.61 Å². The minimum absolute atomic E-state index is 0.278. The quantitative estimate of drug-likeness (QED) is 0.284. The summed E-state index contributed by atoms with van der Waals surface area (Å²) >= 11 is 3.33. The van der Waals surface area contributed by atoms with Gasteiger partial charge in [0.05, 0.1) is 6.61 Å². The second kappa shape index (κ2) is 14.7. The molecule has 0 unspecified atom stereocenters. The number of carbonyl (C=O) groups is 2. The molecule has 4 nitrogen and oxygen atoms in total. The normalized spacial score (nSPS) is 11.8. The van der Waals surface area contributed by atoms with Gasteiger partial charge in [-0.25, -0.2) is 4.79 Å². The summed E-state index contributed by atoms with van der Waals surface area (Å²) in [6, 6.07) is 6.41. The Bertz CT molecular complexity index is 562. The van der Waals surface area contributed by atoms with Crippen LogP contribution in [-0.2, 0) is 9.53 Å². The molecule has 0 saturated heterocycles. The Morgan fingerprint density at radius 2 is 1.59 bits per heavy atom. The van der Waals surface area contributed by atoms with E-state index in [1.54, 1.807) is 25.1 Å². The van der Waals surface area contributed by atoms with Crippen molar-refractivity contribution in [3.05, 3.63) is 34.3 Å². The van der Waals surface area contributed by atoms with Gasteiger partial charge < -0.3 is 10.1 Å². The van der Waals surface area contributed by atoms with Gasteiger partial charge in [0.25, 0.3) is 5.91 Å². The first-order chi connectivity index (χ1) is 13.0. The molecule has 1 aromatic carbocycles. The van der Waals surface area contributed by atoms with Crippen LogP contribution < -0.4 is 5.32 Å². The van der Waals surface area contributed by atoms with Crippen LogP contribution >= 0.6 is 15.9 Å². The number of esters is 1. The van der Waals surface area contributed by atoms with Gasteiger partial charge in [-0.15, -0.1) is 0 Å². The molecule has 1 N–H and O–H groups in total. The van der Waals surface area contributed by atoms with Gasteiger partial charge in [-0.2, -0.15) is 0 Å². The molecule has 0 aliphatic rings. The maximum Gasteiger partial charge on any atom is 0.328 e. The Labute approximate surface area is 172 Å². The zero-order valence-electron chi connectivity index (χ0n) is 16.8. The number of ether oxygens (including phenoxy) is 1. The molecule has 0 bridgehead atoms. The monoisotopic (exact) mass is 439 g/mol. The van der Waals surface area contributed by atoms with Crippen molar-refractivity contribution < 1.29 is 14.3 Å².